The standard InChI is InChI=1S/C23H32N2O3/c1-23(2,3)11-16-4-6-17(7-5-16)19-13-25(14-19)22(27)24-9-8-21-18(12-24)10-20(26)15-28-21/h4-7,18-19,21H,8-15H2,1-3H3/t18-,21+/m1/s1. The summed E-state index contributed by atoms with van der Waals surface area (Å²) in [5.74, 6) is 0.769. The van der Waals surface area contributed by atoms with E-state index in [9.17, 15) is 9.59 Å². The van der Waals surface area contributed by atoms with Gasteiger partial charge in [-0.2, -0.15) is 0 Å². The molecule has 0 aliphatic carbocycles. The monoisotopic (exact) mass is 384 g/mol. The summed E-state index contributed by atoms with van der Waals surface area (Å²) >= 11 is 0. The van der Waals surface area contributed by atoms with Crippen LogP contribution in [0.3, 0.4) is 0 Å². The van der Waals surface area contributed by atoms with E-state index in [-0.39, 0.29) is 30.4 Å². The normalized spacial score (nSPS) is 26.0. The number of urea groups is 1. The number of benzene rings is 1. The maximum atomic E-state index is 12.9. The van der Waals surface area contributed by atoms with E-state index in [1.165, 1.54) is 11.1 Å². The highest BCUT2D eigenvalue weighted by Gasteiger charge is 2.40. The molecule has 3 saturated heterocycles. The first-order chi connectivity index (χ1) is 13.3. The number of rotatable bonds is 2. The number of hydrogen-bond donors (Lipinski definition) is 0. The zero-order valence-corrected chi connectivity index (χ0v) is 17.3. The highest BCUT2D eigenvalue weighted by Crippen LogP contribution is 2.32. The van der Waals surface area contributed by atoms with Gasteiger partial charge < -0.3 is 14.5 Å². The number of carbonyl (C=O) groups is 2. The van der Waals surface area contributed by atoms with Crippen molar-refractivity contribution in [1.82, 2.24) is 9.80 Å². The fraction of sp³-hybridized carbons (Fsp3) is 0.652. The Kier molecular flexibility index (Phi) is 5.21. The Balaban J connectivity index is 1.29. The lowest BCUT2D eigenvalue weighted by Crippen LogP contribution is -2.58. The second-order valence-electron chi connectivity index (χ2n) is 9.95. The third kappa shape index (κ3) is 4.24. The quantitative estimate of drug-likeness (QED) is 0.784. The second-order valence-corrected chi connectivity index (χ2v) is 9.95. The van der Waals surface area contributed by atoms with Crippen molar-refractivity contribution in [3.8, 4) is 0 Å². The van der Waals surface area contributed by atoms with Crippen LogP contribution in [-0.4, -0.2) is 60.5 Å². The van der Waals surface area contributed by atoms with Crippen LogP contribution in [0.4, 0.5) is 4.79 Å². The third-order valence-electron chi connectivity index (χ3n) is 6.22. The van der Waals surface area contributed by atoms with Crippen LogP contribution in [0.25, 0.3) is 0 Å². The van der Waals surface area contributed by atoms with Crippen LogP contribution in [0.2, 0.25) is 0 Å². The van der Waals surface area contributed by atoms with E-state index >= 15 is 0 Å². The first-order valence-electron chi connectivity index (χ1n) is 10.5. The average molecular weight is 385 g/mol. The molecule has 2 amide bonds. The molecule has 0 unspecified atom stereocenters. The maximum Gasteiger partial charge on any atom is 0.320 e. The van der Waals surface area contributed by atoms with Crippen LogP contribution in [0.5, 0.6) is 0 Å². The number of amides is 2. The molecule has 0 bridgehead atoms. The minimum Gasteiger partial charge on any atom is -0.370 e. The van der Waals surface area contributed by atoms with Gasteiger partial charge in [-0.3, -0.25) is 4.79 Å². The van der Waals surface area contributed by atoms with E-state index < -0.39 is 0 Å². The van der Waals surface area contributed by atoms with Crippen LogP contribution < -0.4 is 0 Å². The maximum absolute atomic E-state index is 12.9. The molecule has 5 nitrogen and oxygen atoms in total. The molecule has 0 spiro atoms. The molecule has 3 aliphatic heterocycles. The highest BCUT2D eigenvalue weighted by molar-refractivity contribution is 5.81. The number of ether oxygens (including phenoxy) is 1. The van der Waals surface area contributed by atoms with Crippen molar-refractivity contribution < 1.29 is 14.3 Å². The molecule has 0 radical (unpaired) electrons. The van der Waals surface area contributed by atoms with Crippen molar-refractivity contribution in [3.63, 3.8) is 0 Å². The van der Waals surface area contributed by atoms with Gasteiger partial charge in [0.25, 0.3) is 0 Å². The van der Waals surface area contributed by atoms with Crippen LogP contribution in [0.1, 0.15) is 50.7 Å². The van der Waals surface area contributed by atoms with Gasteiger partial charge in [-0.15, -0.1) is 0 Å². The molecule has 0 N–H and O–H groups in total. The summed E-state index contributed by atoms with van der Waals surface area (Å²) in [6.07, 6.45) is 2.62. The lowest BCUT2D eigenvalue weighted by Gasteiger charge is -2.46. The van der Waals surface area contributed by atoms with E-state index in [4.69, 9.17) is 4.74 Å². The SMILES string of the molecule is CC(C)(C)Cc1ccc(C2CN(C(=O)N3CC[C@@H]4OCC(=O)C[C@@H]4C3)C2)cc1. The van der Waals surface area contributed by atoms with E-state index in [0.717, 1.165) is 32.5 Å². The lowest BCUT2D eigenvalue weighted by molar-refractivity contribution is -0.140. The molecule has 5 heteroatoms. The zero-order chi connectivity index (χ0) is 19.9. The third-order valence-corrected chi connectivity index (χ3v) is 6.22. The Hall–Kier alpha value is -1.88. The van der Waals surface area contributed by atoms with Crippen LogP contribution in [0.15, 0.2) is 24.3 Å². The van der Waals surface area contributed by atoms with Crippen LogP contribution in [-0.2, 0) is 16.0 Å². The van der Waals surface area contributed by atoms with Gasteiger partial charge in [-0.25, -0.2) is 4.79 Å². The number of carbonyl (C=O) groups excluding carboxylic acids is 2. The van der Waals surface area contributed by atoms with Gasteiger partial charge >= 0.3 is 6.03 Å². The molecule has 3 heterocycles. The van der Waals surface area contributed by atoms with E-state index in [1.807, 2.05) is 9.80 Å². The molecule has 152 valence electrons. The van der Waals surface area contributed by atoms with Crippen LogP contribution in [0, 0.1) is 11.3 Å². The molecule has 28 heavy (non-hydrogen) atoms. The van der Waals surface area contributed by atoms with E-state index in [1.54, 1.807) is 0 Å². The number of nitrogens with zero attached hydrogens (tertiary/aromatic N) is 2. The minimum absolute atomic E-state index is 0.122. The van der Waals surface area contributed by atoms with Gasteiger partial charge in [-0.1, -0.05) is 45.0 Å². The summed E-state index contributed by atoms with van der Waals surface area (Å²) in [5.41, 5.74) is 2.99. The Morgan fingerprint density at radius 3 is 2.50 bits per heavy atom. The number of ketones is 1. The minimum atomic E-state index is 0.122. The number of fused-ring (bicyclic) bond motifs is 1. The molecule has 0 saturated carbocycles. The van der Waals surface area contributed by atoms with Gasteiger partial charge in [-0.05, 0) is 29.4 Å². The summed E-state index contributed by atoms with van der Waals surface area (Å²) in [4.78, 5) is 28.4. The molecule has 3 aliphatic rings. The molecule has 1 aromatic rings. The van der Waals surface area contributed by atoms with Crippen molar-refractivity contribution in [3.05, 3.63) is 35.4 Å². The first kappa shape index (κ1) is 19.4. The van der Waals surface area contributed by atoms with E-state index in [0.29, 0.717) is 24.3 Å². The Morgan fingerprint density at radius 1 is 1.11 bits per heavy atom. The van der Waals surface area contributed by atoms with Crippen molar-refractivity contribution in [2.75, 3.05) is 32.8 Å². The van der Waals surface area contributed by atoms with Crippen molar-refractivity contribution in [2.45, 2.75) is 52.1 Å². The van der Waals surface area contributed by atoms with Gasteiger partial charge in [0.2, 0.25) is 0 Å². The van der Waals surface area contributed by atoms with Crippen molar-refractivity contribution in [1.29, 1.82) is 0 Å². The fourth-order valence-electron chi connectivity index (χ4n) is 4.72. The molecule has 2 atom stereocenters. The average Bonchev–Trinajstić information content (AvgIpc) is 2.60. The van der Waals surface area contributed by atoms with Crippen molar-refractivity contribution >= 4 is 11.8 Å². The van der Waals surface area contributed by atoms with Gasteiger partial charge in [0, 0.05) is 44.4 Å². The zero-order valence-electron chi connectivity index (χ0n) is 17.3. The molecule has 4 rings (SSSR count). The van der Waals surface area contributed by atoms with E-state index in [2.05, 4.69) is 45.0 Å². The molecule has 1 aromatic carbocycles. The smallest absolute Gasteiger partial charge is 0.320 e. The Labute approximate surface area is 168 Å². The molecular formula is C23H32N2O3. The lowest BCUT2D eigenvalue weighted by atomic mass is 9.86. The number of piperidine rings is 1. The number of hydrogen-bond acceptors (Lipinski definition) is 3. The predicted octanol–water partition coefficient (Wildman–Crippen LogP) is 3.47. The number of likely N-dealkylation sites (tertiary alicyclic amines) is 2. The largest absolute Gasteiger partial charge is 0.370 e. The van der Waals surface area contributed by atoms with Gasteiger partial charge in [0.1, 0.15) is 6.61 Å². The molecule has 3 fully saturated rings. The Morgan fingerprint density at radius 2 is 1.82 bits per heavy atom. The summed E-state index contributed by atoms with van der Waals surface area (Å²) in [5, 5.41) is 0. The van der Waals surface area contributed by atoms with Gasteiger partial charge in [0.15, 0.2) is 5.78 Å². The van der Waals surface area contributed by atoms with Gasteiger partial charge in [0.05, 0.1) is 6.10 Å². The van der Waals surface area contributed by atoms with Crippen molar-refractivity contribution in [2.24, 2.45) is 11.3 Å². The first-order valence-corrected chi connectivity index (χ1v) is 10.5. The highest BCUT2D eigenvalue weighted by atomic mass is 16.5. The summed E-state index contributed by atoms with van der Waals surface area (Å²) in [6.45, 7) is 9.98. The van der Waals surface area contributed by atoms with Crippen LogP contribution >= 0.6 is 0 Å². The topological polar surface area (TPSA) is 49.9 Å². The fourth-order valence-corrected chi connectivity index (χ4v) is 4.72. The summed E-state index contributed by atoms with van der Waals surface area (Å²) in [6, 6.07) is 9.04. The molecule has 0 aromatic heterocycles. The summed E-state index contributed by atoms with van der Waals surface area (Å²) < 4.78 is 5.64. The summed E-state index contributed by atoms with van der Waals surface area (Å²) in [7, 11) is 0. The Bertz CT molecular complexity index is 731. The second kappa shape index (κ2) is 7.51. The number of Topliss-reactive ketones (excluding diaryl/α,β-unsaturated/α-hetero) is 1. The predicted molar refractivity (Wildman–Crippen MR) is 108 cm³/mol. The molecular weight excluding hydrogens is 352 g/mol.